The quantitative estimate of drug-likeness (QED) is 0.656. The molecule has 2 heterocycles. The van der Waals surface area contributed by atoms with Crippen LogP contribution in [0.15, 0.2) is 24.3 Å². The molecule has 2 fully saturated rings. The molecule has 3 rings (SSSR count). The first kappa shape index (κ1) is 21.0. The monoisotopic (exact) mass is 412 g/mol. The minimum absolute atomic E-state index is 0.0957. The van der Waals surface area contributed by atoms with Crippen molar-refractivity contribution in [2.75, 3.05) is 40.5 Å². The Balaban J connectivity index is 1.76. The number of piperidine rings is 1. The number of hydrogen-bond donors (Lipinski definition) is 0. The zero-order chi connectivity index (χ0) is 20.3. The second kappa shape index (κ2) is 8.77. The second-order valence-electron chi connectivity index (χ2n) is 7.07. The number of benzene rings is 1. The van der Waals surface area contributed by atoms with Gasteiger partial charge >= 0.3 is 5.97 Å². The minimum atomic E-state index is -3.60. The van der Waals surface area contributed by atoms with Gasteiger partial charge in [-0.3, -0.25) is 9.63 Å². The molecule has 1 aromatic carbocycles. The van der Waals surface area contributed by atoms with Crippen LogP contribution in [0.4, 0.5) is 0 Å². The second-order valence-corrected chi connectivity index (χ2v) is 9.22. The SMILES string of the molecule is CCOC(=O)C1CCN(S(=O)(=O)C2CON(C)C2c2cccc(OC)c2)CC1. The van der Waals surface area contributed by atoms with Crippen molar-refractivity contribution in [3.05, 3.63) is 29.8 Å². The number of esters is 1. The normalized spacial score (nSPS) is 25.0. The molecule has 0 amide bonds. The van der Waals surface area contributed by atoms with E-state index in [-0.39, 0.29) is 18.5 Å². The Morgan fingerprint density at radius 3 is 2.64 bits per heavy atom. The van der Waals surface area contributed by atoms with E-state index in [1.165, 1.54) is 4.31 Å². The van der Waals surface area contributed by atoms with E-state index in [2.05, 4.69) is 0 Å². The fourth-order valence-corrected chi connectivity index (χ4v) is 5.88. The number of ether oxygens (including phenoxy) is 2. The summed E-state index contributed by atoms with van der Waals surface area (Å²) in [6.45, 7) is 2.84. The lowest BCUT2D eigenvalue weighted by Gasteiger charge is -2.33. The van der Waals surface area contributed by atoms with E-state index in [9.17, 15) is 13.2 Å². The van der Waals surface area contributed by atoms with Gasteiger partial charge in [-0.05, 0) is 37.5 Å². The Hall–Kier alpha value is -1.68. The molecule has 8 nitrogen and oxygen atoms in total. The molecule has 2 aliphatic heterocycles. The van der Waals surface area contributed by atoms with Crippen molar-refractivity contribution in [1.82, 2.24) is 9.37 Å². The lowest BCUT2D eigenvalue weighted by molar-refractivity contribution is -0.149. The van der Waals surface area contributed by atoms with E-state index in [4.69, 9.17) is 14.3 Å². The van der Waals surface area contributed by atoms with Crippen molar-refractivity contribution in [1.29, 1.82) is 0 Å². The molecule has 0 N–H and O–H groups in total. The maximum Gasteiger partial charge on any atom is 0.309 e. The van der Waals surface area contributed by atoms with Crippen LogP contribution in [0.1, 0.15) is 31.4 Å². The summed E-state index contributed by atoms with van der Waals surface area (Å²) < 4.78 is 38.5. The van der Waals surface area contributed by atoms with Crippen LogP contribution >= 0.6 is 0 Å². The van der Waals surface area contributed by atoms with Crippen LogP contribution in [0, 0.1) is 5.92 Å². The molecule has 2 atom stereocenters. The third kappa shape index (κ3) is 4.17. The van der Waals surface area contributed by atoms with Gasteiger partial charge in [-0.1, -0.05) is 12.1 Å². The molecule has 156 valence electrons. The average molecular weight is 413 g/mol. The van der Waals surface area contributed by atoms with Gasteiger partial charge in [-0.2, -0.15) is 5.06 Å². The van der Waals surface area contributed by atoms with Crippen LogP contribution in [0.5, 0.6) is 5.75 Å². The summed E-state index contributed by atoms with van der Waals surface area (Å²) in [5.41, 5.74) is 0.828. The Morgan fingerprint density at radius 2 is 2.00 bits per heavy atom. The molecule has 0 radical (unpaired) electrons. The summed E-state index contributed by atoms with van der Waals surface area (Å²) in [7, 11) is -0.277. The standard InChI is InChI=1S/C19H28N2O6S/c1-4-26-19(22)14-8-10-21(11-9-14)28(23,24)17-13-27-20(2)18(17)15-6-5-7-16(12-15)25-3/h5-7,12,14,17-18H,4,8-11,13H2,1-3H3. The van der Waals surface area contributed by atoms with Crippen LogP contribution in [0.2, 0.25) is 0 Å². The molecule has 0 aliphatic carbocycles. The molecular formula is C19H28N2O6S. The van der Waals surface area contributed by atoms with Crippen LogP contribution in [-0.2, 0) is 24.4 Å². The molecular weight excluding hydrogens is 384 g/mol. The van der Waals surface area contributed by atoms with Gasteiger partial charge in [-0.15, -0.1) is 0 Å². The molecule has 2 unspecified atom stereocenters. The number of sulfonamides is 1. The van der Waals surface area contributed by atoms with E-state index in [0.717, 1.165) is 5.56 Å². The molecule has 0 saturated carbocycles. The number of rotatable bonds is 6. The highest BCUT2D eigenvalue weighted by Gasteiger charge is 2.46. The Labute approximate surface area is 166 Å². The van der Waals surface area contributed by atoms with Gasteiger partial charge in [0, 0.05) is 20.1 Å². The Kier molecular flexibility index (Phi) is 6.59. The molecule has 28 heavy (non-hydrogen) atoms. The van der Waals surface area contributed by atoms with Gasteiger partial charge in [0.2, 0.25) is 10.0 Å². The summed E-state index contributed by atoms with van der Waals surface area (Å²) in [4.78, 5) is 17.5. The highest BCUT2D eigenvalue weighted by molar-refractivity contribution is 7.89. The van der Waals surface area contributed by atoms with Crippen LogP contribution in [0.25, 0.3) is 0 Å². The Morgan fingerprint density at radius 1 is 1.29 bits per heavy atom. The zero-order valence-electron chi connectivity index (χ0n) is 16.5. The summed E-state index contributed by atoms with van der Waals surface area (Å²) in [5, 5.41) is 0.881. The predicted octanol–water partition coefficient (Wildman–Crippen LogP) is 1.59. The van der Waals surface area contributed by atoms with Gasteiger partial charge < -0.3 is 9.47 Å². The number of hydrogen-bond acceptors (Lipinski definition) is 7. The Bertz CT molecular complexity index is 791. The molecule has 0 bridgehead atoms. The van der Waals surface area contributed by atoms with Crippen molar-refractivity contribution < 1.29 is 27.5 Å². The van der Waals surface area contributed by atoms with Crippen molar-refractivity contribution in [2.24, 2.45) is 5.92 Å². The molecule has 2 saturated heterocycles. The summed E-state index contributed by atoms with van der Waals surface area (Å²) >= 11 is 0. The third-order valence-corrected chi connectivity index (χ3v) is 7.68. The lowest BCUT2D eigenvalue weighted by atomic mass is 9.98. The van der Waals surface area contributed by atoms with Gasteiger partial charge in [0.25, 0.3) is 0 Å². The van der Waals surface area contributed by atoms with Crippen molar-refractivity contribution in [2.45, 2.75) is 31.1 Å². The van der Waals surface area contributed by atoms with Gasteiger partial charge in [0.05, 0.1) is 32.3 Å². The van der Waals surface area contributed by atoms with E-state index in [1.54, 1.807) is 26.1 Å². The van der Waals surface area contributed by atoms with Gasteiger partial charge in [0.1, 0.15) is 11.0 Å². The topological polar surface area (TPSA) is 85.4 Å². The molecule has 0 aromatic heterocycles. The number of carbonyl (C=O) groups is 1. The van der Waals surface area contributed by atoms with Crippen LogP contribution in [0.3, 0.4) is 0 Å². The molecule has 1 aromatic rings. The van der Waals surface area contributed by atoms with Crippen LogP contribution < -0.4 is 4.74 Å². The van der Waals surface area contributed by atoms with E-state index in [1.807, 2.05) is 24.3 Å². The largest absolute Gasteiger partial charge is 0.497 e. The van der Waals surface area contributed by atoms with Gasteiger partial charge in [0.15, 0.2) is 0 Å². The van der Waals surface area contributed by atoms with Crippen molar-refractivity contribution in [3.8, 4) is 5.75 Å². The minimum Gasteiger partial charge on any atom is -0.497 e. The highest BCUT2D eigenvalue weighted by Crippen LogP contribution is 2.37. The van der Waals surface area contributed by atoms with Crippen LogP contribution in [-0.4, -0.2) is 69.5 Å². The lowest BCUT2D eigenvalue weighted by Crippen LogP contribution is -2.46. The molecule has 0 spiro atoms. The first-order valence-corrected chi connectivity index (χ1v) is 11.0. The van der Waals surface area contributed by atoms with E-state index >= 15 is 0 Å². The summed E-state index contributed by atoms with van der Waals surface area (Å²) in [6.07, 6.45) is 0.955. The third-order valence-electron chi connectivity index (χ3n) is 5.44. The fourth-order valence-electron chi connectivity index (χ4n) is 3.89. The average Bonchev–Trinajstić information content (AvgIpc) is 3.10. The summed E-state index contributed by atoms with van der Waals surface area (Å²) in [5.74, 6) is 0.199. The first-order chi connectivity index (χ1) is 13.4. The molecule has 9 heteroatoms. The van der Waals surface area contributed by atoms with Crippen molar-refractivity contribution >= 4 is 16.0 Å². The van der Waals surface area contributed by atoms with E-state index < -0.39 is 21.3 Å². The van der Waals surface area contributed by atoms with E-state index in [0.29, 0.717) is 38.3 Å². The number of nitrogens with zero attached hydrogens (tertiary/aromatic N) is 2. The maximum atomic E-state index is 13.3. The fraction of sp³-hybridized carbons (Fsp3) is 0.632. The van der Waals surface area contributed by atoms with Gasteiger partial charge in [-0.25, -0.2) is 12.7 Å². The smallest absolute Gasteiger partial charge is 0.309 e. The maximum absolute atomic E-state index is 13.3. The highest BCUT2D eigenvalue weighted by atomic mass is 32.2. The predicted molar refractivity (Wildman–Crippen MR) is 103 cm³/mol. The number of hydroxylamine groups is 2. The van der Waals surface area contributed by atoms with Crippen molar-refractivity contribution in [3.63, 3.8) is 0 Å². The summed E-state index contributed by atoms with van der Waals surface area (Å²) in [6, 6.07) is 6.96. The first-order valence-electron chi connectivity index (χ1n) is 9.53. The number of methoxy groups -OCH3 is 1. The number of carbonyl (C=O) groups excluding carboxylic acids is 1. The molecule has 2 aliphatic rings. The zero-order valence-corrected chi connectivity index (χ0v) is 17.4.